The molecule has 0 saturated carbocycles. The Morgan fingerprint density at radius 3 is 2.61 bits per heavy atom. The first-order valence-electron chi connectivity index (χ1n) is 10.6. The fourth-order valence-electron chi connectivity index (χ4n) is 4.09. The molecule has 1 amide bonds. The summed E-state index contributed by atoms with van der Waals surface area (Å²) in [4.78, 5) is 23.4. The minimum atomic E-state index is -0.706. The van der Waals surface area contributed by atoms with Gasteiger partial charge in [0.2, 0.25) is 5.91 Å². The van der Waals surface area contributed by atoms with Gasteiger partial charge in [-0.05, 0) is 41.2 Å². The van der Waals surface area contributed by atoms with Gasteiger partial charge in [0.05, 0.1) is 11.1 Å². The fraction of sp³-hybridized carbons (Fsp3) is 0.240. The van der Waals surface area contributed by atoms with Crippen molar-refractivity contribution in [2.45, 2.75) is 36.6 Å². The monoisotopic (exact) mass is 454 g/mol. The number of primary amides is 1. The Kier molecular flexibility index (Phi) is 6.58. The summed E-state index contributed by atoms with van der Waals surface area (Å²) in [6.45, 7) is 3.17. The van der Waals surface area contributed by atoms with E-state index in [1.165, 1.54) is 5.56 Å². The number of fused-ring (bicyclic) bond motifs is 1. The van der Waals surface area contributed by atoms with Gasteiger partial charge in [-0.1, -0.05) is 49.0 Å². The maximum absolute atomic E-state index is 12.3. The number of anilines is 1. The van der Waals surface area contributed by atoms with Crippen LogP contribution in [0.2, 0.25) is 0 Å². The minimum Gasteiger partial charge on any atom is -0.368 e. The molecule has 8 heteroatoms. The van der Waals surface area contributed by atoms with Gasteiger partial charge in [0.1, 0.15) is 28.2 Å². The van der Waals surface area contributed by atoms with Gasteiger partial charge in [-0.2, -0.15) is 10.5 Å². The van der Waals surface area contributed by atoms with Gasteiger partial charge in [-0.3, -0.25) is 9.78 Å². The van der Waals surface area contributed by atoms with Crippen molar-refractivity contribution in [3.8, 4) is 12.1 Å². The summed E-state index contributed by atoms with van der Waals surface area (Å²) in [5.74, 6) is 0.0143. The van der Waals surface area contributed by atoms with Crippen LogP contribution in [0, 0.1) is 22.7 Å². The molecule has 164 valence electrons. The van der Waals surface area contributed by atoms with Crippen molar-refractivity contribution in [2.24, 2.45) is 5.73 Å². The number of benzene rings is 1. The van der Waals surface area contributed by atoms with Gasteiger partial charge < -0.3 is 10.6 Å². The Labute approximate surface area is 196 Å². The SMILES string of the molecule is CCc1c(C#N)c(SC(C(N)=O)c2ccccc2)nc(N2CCc3ccncc3C2)c1C#N. The van der Waals surface area contributed by atoms with E-state index < -0.39 is 11.2 Å². The fourth-order valence-corrected chi connectivity index (χ4v) is 5.15. The standard InChI is InChI=1S/C25H22N6OS/c1-2-19-20(12-26)24(31-11-9-16-8-10-29-14-18(16)15-31)30-25(21(19)13-27)33-22(23(28)32)17-6-4-3-5-7-17/h3-8,10,14,22H,2,9,11,15H2,1H3,(H2,28,32). The second kappa shape index (κ2) is 9.72. The number of hydrogen-bond acceptors (Lipinski definition) is 7. The van der Waals surface area contributed by atoms with Crippen LogP contribution < -0.4 is 10.6 Å². The van der Waals surface area contributed by atoms with E-state index in [1.54, 1.807) is 6.20 Å². The van der Waals surface area contributed by atoms with Crippen molar-refractivity contribution in [1.29, 1.82) is 10.5 Å². The topological polar surface area (TPSA) is 120 Å². The Morgan fingerprint density at radius 1 is 1.18 bits per heavy atom. The van der Waals surface area contributed by atoms with Crippen molar-refractivity contribution in [1.82, 2.24) is 9.97 Å². The number of pyridine rings is 2. The molecule has 0 radical (unpaired) electrons. The number of aromatic nitrogens is 2. The summed E-state index contributed by atoms with van der Waals surface area (Å²) in [6, 6.07) is 15.7. The lowest BCUT2D eigenvalue weighted by molar-refractivity contribution is -0.117. The maximum Gasteiger partial charge on any atom is 0.235 e. The van der Waals surface area contributed by atoms with Crippen LogP contribution in [0.4, 0.5) is 5.82 Å². The highest BCUT2D eigenvalue weighted by atomic mass is 32.2. The van der Waals surface area contributed by atoms with Gasteiger partial charge in [0, 0.05) is 25.5 Å². The van der Waals surface area contributed by atoms with E-state index in [0.717, 1.165) is 29.3 Å². The van der Waals surface area contributed by atoms with Crippen molar-refractivity contribution in [2.75, 3.05) is 11.4 Å². The largest absolute Gasteiger partial charge is 0.368 e. The second-order valence-corrected chi connectivity index (χ2v) is 8.77. The van der Waals surface area contributed by atoms with Crippen LogP contribution in [0.25, 0.3) is 0 Å². The molecule has 0 saturated heterocycles. The molecule has 1 aliphatic rings. The Bertz CT molecular complexity index is 1280. The number of carbonyl (C=O) groups is 1. The molecule has 0 aliphatic carbocycles. The molecule has 2 aromatic heterocycles. The van der Waals surface area contributed by atoms with E-state index in [1.807, 2.05) is 49.5 Å². The highest BCUT2D eigenvalue weighted by molar-refractivity contribution is 8.00. The van der Waals surface area contributed by atoms with E-state index in [2.05, 4.69) is 22.0 Å². The molecule has 1 unspecified atom stereocenters. The van der Waals surface area contributed by atoms with Crippen molar-refractivity contribution in [3.05, 3.63) is 82.2 Å². The van der Waals surface area contributed by atoms with Crippen LogP contribution in [-0.2, 0) is 24.2 Å². The molecule has 3 heterocycles. The lowest BCUT2D eigenvalue weighted by atomic mass is 9.99. The molecule has 33 heavy (non-hydrogen) atoms. The average Bonchev–Trinajstić information content (AvgIpc) is 2.86. The van der Waals surface area contributed by atoms with Crippen molar-refractivity contribution < 1.29 is 4.79 Å². The Balaban J connectivity index is 1.82. The number of rotatable bonds is 6. The number of nitrogens with zero attached hydrogens (tertiary/aromatic N) is 5. The first kappa shape index (κ1) is 22.3. The summed E-state index contributed by atoms with van der Waals surface area (Å²) >= 11 is 1.16. The number of thioether (sulfide) groups is 1. The molecule has 1 aromatic carbocycles. The number of amides is 1. The lowest BCUT2D eigenvalue weighted by Gasteiger charge is -2.31. The van der Waals surface area contributed by atoms with E-state index in [4.69, 9.17) is 10.7 Å². The quantitative estimate of drug-likeness (QED) is 0.564. The zero-order valence-electron chi connectivity index (χ0n) is 18.2. The third-order valence-corrected chi connectivity index (χ3v) is 6.99. The predicted molar refractivity (Wildman–Crippen MR) is 126 cm³/mol. The molecule has 0 spiro atoms. The van der Waals surface area contributed by atoms with Gasteiger partial charge in [0.25, 0.3) is 0 Å². The molecule has 3 aromatic rings. The van der Waals surface area contributed by atoms with E-state index in [0.29, 0.717) is 47.0 Å². The van der Waals surface area contributed by atoms with Crippen LogP contribution in [0.15, 0.2) is 53.8 Å². The number of hydrogen-bond donors (Lipinski definition) is 1. The molecule has 2 N–H and O–H groups in total. The maximum atomic E-state index is 12.3. The van der Waals surface area contributed by atoms with E-state index >= 15 is 0 Å². The molecule has 0 fully saturated rings. The van der Waals surface area contributed by atoms with Crippen LogP contribution >= 0.6 is 11.8 Å². The van der Waals surface area contributed by atoms with Gasteiger partial charge >= 0.3 is 0 Å². The molecule has 7 nitrogen and oxygen atoms in total. The molecule has 1 atom stereocenters. The lowest BCUT2D eigenvalue weighted by Crippen LogP contribution is -2.32. The number of nitriles is 2. The first-order valence-corrected chi connectivity index (χ1v) is 11.5. The van der Waals surface area contributed by atoms with Gasteiger partial charge in [-0.15, -0.1) is 0 Å². The predicted octanol–water partition coefficient (Wildman–Crippen LogP) is 3.66. The zero-order valence-corrected chi connectivity index (χ0v) is 19.0. The van der Waals surface area contributed by atoms with Crippen LogP contribution in [0.1, 0.15) is 45.6 Å². The highest BCUT2D eigenvalue weighted by Crippen LogP contribution is 2.40. The van der Waals surface area contributed by atoms with Crippen LogP contribution in [0.5, 0.6) is 0 Å². The van der Waals surface area contributed by atoms with Crippen LogP contribution in [0.3, 0.4) is 0 Å². The third-order valence-electron chi connectivity index (χ3n) is 5.73. The molecule has 4 rings (SSSR count). The van der Waals surface area contributed by atoms with E-state index in [-0.39, 0.29) is 0 Å². The average molecular weight is 455 g/mol. The molecule has 1 aliphatic heterocycles. The zero-order chi connectivity index (χ0) is 23.4. The van der Waals surface area contributed by atoms with Gasteiger partial charge in [-0.25, -0.2) is 4.98 Å². The number of carbonyl (C=O) groups excluding carboxylic acids is 1. The highest BCUT2D eigenvalue weighted by Gasteiger charge is 2.28. The summed E-state index contributed by atoms with van der Waals surface area (Å²) in [6.07, 6.45) is 4.93. The summed E-state index contributed by atoms with van der Waals surface area (Å²) in [5.41, 5.74) is 10.2. The van der Waals surface area contributed by atoms with Crippen LogP contribution in [-0.4, -0.2) is 22.4 Å². The molecule has 0 bridgehead atoms. The van der Waals surface area contributed by atoms with E-state index in [9.17, 15) is 15.3 Å². The third kappa shape index (κ3) is 4.39. The Hall–Kier alpha value is -3.88. The normalized spacial score (nSPS) is 13.5. The van der Waals surface area contributed by atoms with Gasteiger partial charge in [0.15, 0.2) is 0 Å². The molecular weight excluding hydrogens is 432 g/mol. The number of nitrogens with two attached hydrogens (primary N) is 1. The summed E-state index contributed by atoms with van der Waals surface area (Å²) < 4.78 is 0. The second-order valence-electron chi connectivity index (χ2n) is 7.67. The summed E-state index contributed by atoms with van der Waals surface area (Å²) in [5, 5.41) is 19.7. The Morgan fingerprint density at radius 2 is 1.94 bits per heavy atom. The smallest absolute Gasteiger partial charge is 0.235 e. The van der Waals surface area contributed by atoms with Crippen molar-refractivity contribution >= 4 is 23.5 Å². The van der Waals surface area contributed by atoms with Crippen molar-refractivity contribution in [3.63, 3.8) is 0 Å². The molecular formula is C25H22N6OS. The summed E-state index contributed by atoms with van der Waals surface area (Å²) in [7, 11) is 0. The minimum absolute atomic E-state index is 0.323. The first-order chi connectivity index (χ1) is 16.1.